The molecule has 33 heavy (non-hydrogen) atoms. The van der Waals surface area contributed by atoms with Crippen LogP contribution in [0.3, 0.4) is 0 Å². The molecule has 0 unspecified atom stereocenters. The molecule has 0 aliphatic carbocycles. The summed E-state index contributed by atoms with van der Waals surface area (Å²) >= 11 is 13.3. The van der Waals surface area contributed by atoms with Gasteiger partial charge in [-0.2, -0.15) is 0 Å². The van der Waals surface area contributed by atoms with E-state index in [2.05, 4.69) is 15.5 Å². The molecule has 0 radical (unpaired) electrons. The fraction of sp³-hybridized carbons (Fsp3) is 0.208. The van der Waals surface area contributed by atoms with Gasteiger partial charge in [0.05, 0.1) is 15.6 Å². The normalized spacial score (nSPS) is 13.5. The monoisotopic (exact) mass is 498 g/mol. The van der Waals surface area contributed by atoms with E-state index in [1.807, 2.05) is 53.6 Å². The van der Waals surface area contributed by atoms with Gasteiger partial charge in [0.1, 0.15) is 0 Å². The Morgan fingerprint density at radius 2 is 1.82 bits per heavy atom. The lowest BCUT2D eigenvalue weighted by Crippen LogP contribution is -2.48. The van der Waals surface area contributed by atoms with Crippen molar-refractivity contribution in [3.05, 3.63) is 81.0 Å². The summed E-state index contributed by atoms with van der Waals surface area (Å²) in [5, 5.41) is 8.39. The van der Waals surface area contributed by atoms with Crippen LogP contribution in [-0.4, -0.2) is 48.0 Å². The molecule has 0 bridgehead atoms. The van der Waals surface area contributed by atoms with Crippen LogP contribution in [-0.2, 0) is 0 Å². The standard InChI is InChI=1S/C24H23ClN4O2S2/c1-16-4-2-5-17(14-16)22(30)27-24(32)26-18-7-8-20(19(25)15-18)28-9-11-29(12-10-28)23(31)21-6-3-13-33-21/h2-8,13-15H,9-12H2,1H3,(H2,26,27,30,32). The van der Waals surface area contributed by atoms with Crippen molar-refractivity contribution >= 4 is 63.5 Å². The predicted octanol–water partition coefficient (Wildman–Crippen LogP) is 4.80. The van der Waals surface area contributed by atoms with Gasteiger partial charge in [-0.25, -0.2) is 0 Å². The van der Waals surface area contributed by atoms with Crippen molar-refractivity contribution in [1.29, 1.82) is 0 Å². The molecule has 1 saturated heterocycles. The molecule has 1 fully saturated rings. The number of carbonyl (C=O) groups excluding carboxylic acids is 2. The molecule has 9 heteroatoms. The first-order chi connectivity index (χ1) is 15.9. The Morgan fingerprint density at radius 3 is 2.48 bits per heavy atom. The van der Waals surface area contributed by atoms with Gasteiger partial charge in [-0.15, -0.1) is 11.3 Å². The first kappa shape index (κ1) is 23.2. The Hall–Kier alpha value is -2.94. The van der Waals surface area contributed by atoms with Crippen LogP contribution in [0.2, 0.25) is 5.02 Å². The highest BCUT2D eigenvalue weighted by molar-refractivity contribution is 7.80. The van der Waals surface area contributed by atoms with Crippen molar-refractivity contribution in [2.75, 3.05) is 36.4 Å². The van der Waals surface area contributed by atoms with Crippen LogP contribution < -0.4 is 15.5 Å². The van der Waals surface area contributed by atoms with Crippen LogP contribution in [0.25, 0.3) is 0 Å². The van der Waals surface area contributed by atoms with Crippen LogP contribution in [0.15, 0.2) is 60.0 Å². The van der Waals surface area contributed by atoms with Gasteiger partial charge >= 0.3 is 0 Å². The zero-order valence-electron chi connectivity index (χ0n) is 18.0. The molecule has 0 atom stereocenters. The molecular weight excluding hydrogens is 476 g/mol. The van der Waals surface area contributed by atoms with E-state index in [1.165, 1.54) is 11.3 Å². The van der Waals surface area contributed by atoms with Crippen molar-refractivity contribution in [3.63, 3.8) is 0 Å². The second-order valence-electron chi connectivity index (χ2n) is 7.70. The average Bonchev–Trinajstić information content (AvgIpc) is 3.34. The molecule has 3 aromatic rings. The van der Waals surface area contributed by atoms with Gasteiger partial charge in [0.2, 0.25) is 0 Å². The molecule has 170 valence electrons. The second-order valence-corrected chi connectivity index (χ2v) is 9.46. The molecule has 1 aliphatic rings. The number of thiocarbonyl (C=S) groups is 1. The summed E-state index contributed by atoms with van der Waals surface area (Å²) in [7, 11) is 0. The van der Waals surface area contributed by atoms with Gasteiger partial charge in [-0.3, -0.25) is 14.9 Å². The van der Waals surface area contributed by atoms with E-state index >= 15 is 0 Å². The Balaban J connectivity index is 1.33. The van der Waals surface area contributed by atoms with Crippen LogP contribution in [0.4, 0.5) is 11.4 Å². The molecule has 4 rings (SSSR count). The van der Waals surface area contributed by atoms with E-state index in [1.54, 1.807) is 18.2 Å². The third-order valence-electron chi connectivity index (χ3n) is 5.35. The largest absolute Gasteiger partial charge is 0.367 e. The number of carbonyl (C=O) groups is 2. The third kappa shape index (κ3) is 5.71. The van der Waals surface area contributed by atoms with Gasteiger partial charge in [0.15, 0.2) is 5.11 Å². The molecule has 1 aliphatic heterocycles. The number of halogens is 1. The molecule has 2 N–H and O–H groups in total. The lowest BCUT2D eigenvalue weighted by molar-refractivity contribution is 0.0751. The minimum absolute atomic E-state index is 0.0801. The molecule has 0 saturated carbocycles. The topological polar surface area (TPSA) is 64.7 Å². The third-order valence-corrected chi connectivity index (χ3v) is 6.72. The van der Waals surface area contributed by atoms with E-state index in [0.29, 0.717) is 42.5 Å². The fourth-order valence-electron chi connectivity index (χ4n) is 3.67. The first-order valence-electron chi connectivity index (χ1n) is 10.5. The fourth-order valence-corrected chi connectivity index (χ4v) is 4.87. The van der Waals surface area contributed by atoms with Gasteiger partial charge in [0.25, 0.3) is 11.8 Å². The number of thiophene rings is 1. The minimum atomic E-state index is -0.270. The van der Waals surface area contributed by atoms with Gasteiger partial charge < -0.3 is 15.1 Å². The second kappa shape index (κ2) is 10.3. The quantitative estimate of drug-likeness (QED) is 0.506. The summed E-state index contributed by atoms with van der Waals surface area (Å²) < 4.78 is 0. The Morgan fingerprint density at radius 1 is 1.03 bits per heavy atom. The molecular formula is C24H23ClN4O2S2. The van der Waals surface area contributed by atoms with Crippen molar-refractivity contribution in [2.45, 2.75) is 6.92 Å². The maximum absolute atomic E-state index is 12.5. The molecule has 2 heterocycles. The van der Waals surface area contributed by atoms with E-state index in [9.17, 15) is 9.59 Å². The lowest BCUT2D eigenvalue weighted by Gasteiger charge is -2.36. The molecule has 2 amide bonds. The van der Waals surface area contributed by atoms with E-state index < -0.39 is 0 Å². The maximum Gasteiger partial charge on any atom is 0.264 e. The number of piperazine rings is 1. The number of rotatable bonds is 4. The zero-order chi connectivity index (χ0) is 23.4. The van der Waals surface area contributed by atoms with Crippen molar-refractivity contribution in [1.82, 2.24) is 10.2 Å². The average molecular weight is 499 g/mol. The maximum atomic E-state index is 12.5. The SMILES string of the molecule is Cc1cccc(C(=O)NC(=S)Nc2ccc(N3CCN(C(=O)c4cccs4)CC3)c(Cl)c2)c1. The van der Waals surface area contributed by atoms with Crippen molar-refractivity contribution in [3.8, 4) is 0 Å². The minimum Gasteiger partial charge on any atom is -0.367 e. The summed E-state index contributed by atoms with van der Waals surface area (Å²) in [6.07, 6.45) is 0. The Bertz CT molecular complexity index is 1170. The number of hydrogen-bond acceptors (Lipinski definition) is 5. The highest BCUT2D eigenvalue weighted by Crippen LogP contribution is 2.30. The summed E-state index contributed by atoms with van der Waals surface area (Å²) in [5.74, 6) is -0.189. The Labute approximate surface area is 207 Å². The first-order valence-corrected chi connectivity index (χ1v) is 12.1. The summed E-state index contributed by atoms with van der Waals surface area (Å²) in [5.41, 5.74) is 3.13. The molecule has 1 aromatic heterocycles. The van der Waals surface area contributed by atoms with E-state index in [0.717, 1.165) is 16.1 Å². The van der Waals surface area contributed by atoms with Gasteiger partial charge in [0, 0.05) is 37.4 Å². The Kier molecular flexibility index (Phi) is 7.27. The predicted molar refractivity (Wildman–Crippen MR) is 139 cm³/mol. The number of aryl methyl sites for hydroxylation is 1. The highest BCUT2D eigenvalue weighted by Gasteiger charge is 2.24. The highest BCUT2D eigenvalue weighted by atomic mass is 35.5. The lowest BCUT2D eigenvalue weighted by atomic mass is 10.1. The number of amides is 2. The van der Waals surface area contributed by atoms with Gasteiger partial charge in [-0.1, -0.05) is 35.4 Å². The van der Waals surface area contributed by atoms with Gasteiger partial charge in [-0.05, 0) is 60.9 Å². The number of hydrogen-bond donors (Lipinski definition) is 2. The summed E-state index contributed by atoms with van der Waals surface area (Å²) in [6.45, 7) is 4.62. The summed E-state index contributed by atoms with van der Waals surface area (Å²) in [6, 6.07) is 16.6. The number of benzene rings is 2. The van der Waals surface area contributed by atoms with Crippen molar-refractivity contribution < 1.29 is 9.59 Å². The zero-order valence-corrected chi connectivity index (χ0v) is 20.4. The molecule has 2 aromatic carbocycles. The summed E-state index contributed by atoms with van der Waals surface area (Å²) in [4.78, 5) is 29.7. The molecule has 0 spiro atoms. The van der Waals surface area contributed by atoms with Crippen LogP contribution in [0.1, 0.15) is 25.6 Å². The van der Waals surface area contributed by atoms with Crippen LogP contribution >= 0.6 is 35.2 Å². The number of nitrogens with zero attached hydrogens (tertiary/aromatic N) is 2. The van der Waals surface area contributed by atoms with Crippen LogP contribution in [0, 0.1) is 6.92 Å². The number of nitrogens with one attached hydrogen (secondary N) is 2. The smallest absolute Gasteiger partial charge is 0.264 e. The van der Waals surface area contributed by atoms with Crippen LogP contribution in [0.5, 0.6) is 0 Å². The van der Waals surface area contributed by atoms with E-state index in [4.69, 9.17) is 23.8 Å². The van der Waals surface area contributed by atoms with E-state index in [-0.39, 0.29) is 16.9 Å². The number of anilines is 2. The molecule has 6 nitrogen and oxygen atoms in total. The van der Waals surface area contributed by atoms with Crippen molar-refractivity contribution in [2.24, 2.45) is 0 Å².